The minimum Gasteiger partial charge on any atom is -0.458 e. The van der Waals surface area contributed by atoms with Gasteiger partial charge in [0, 0.05) is 29.9 Å². The van der Waals surface area contributed by atoms with Crippen LogP contribution in [0.4, 0.5) is 4.79 Å². The predicted molar refractivity (Wildman–Crippen MR) is 143 cm³/mol. The van der Waals surface area contributed by atoms with Crippen molar-refractivity contribution in [1.29, 1.82) is 0 Å². The largest absolute Gasteiger partial charge is 0.458 e. The zero-order valence-corrected chi connectivity index (χ0v) is 21.6. The molecule has 7 nitrogen and oxygen atoms in total. The van der Waals surface area contributed by atoms with Crippen LogP contribution in [0.3, 0.4) is 0 Å². The quantitative estimate of drug-likeness (QED) is 0.356. The molecule has 2 aromatic carbocycles. The minimum absolute atomic E-state index is 0.0733. The highest BCUT2D eigenvalue weighted by molar-refractivity contribution is 5.86. The number of ether oxygens (including phenoxy) is 2. The molecule has 1 heterocycles. The first-order valence-electron chi connectivity index (χ1n) is 13.9. The summed E-state index contributed by atoms with van der Waals surface area (Å²) in [5.41, 5.74) is 2.82. The van der Waals surface area contributed by atoms with Crippen LogP contribution in [0, 0.1) is 23.7 Å². The summed E-state index contributed by atoms with van der Waals surface area (Å²) in [6, 6.07) is 16.5. The van der Waals surface area contributed by atoms with Crippen LogP contribution < -0.4 is 5.32 Å². The van der Waals surface area contributed by atoms with Gasteiger partial charge in [-0.1, -0.05) is 48.5 Å². The molecule has 0 aliphatic heterocycles. The normalized spacial score (nSPS) is 27.1. The summed E-state index contributed by atoms with van der Waals surface area (Å²) in [5, 5.41) is 13.8. The molecule has 4 saturated carbocycles. The number of H-pyrrole nitrogens is 1. The number of fused-ring (bicyclic) bond motifs is 1. The maximum atomic E-state index is 13.4. The molecule has 4 aliphatic carbocycles. The van der Waals surface area contributed by atoms with Crippen LogP contribution in [-0.2, 0) is 27.1 Å². The number of hydrogen-bond acceptors (Lipinski definition) is 5. The number of aromatic amines is 1. The topological polar surface area (TPSA) is 101 Å². The van der Waals surface area contributed by atoms with Crippen molar-refractivity contribution < 1.29 is 24.2 Å². The zero-order valence-electron chi connectivity index (χ0n) is 21.6. The molecule has 2 unspecified atom stereocenters. The summed E-state index contributed by atoms with van der Waals surface area (Å²) < 4.78 is 11.8. The van der Waals surface area contributed by atoms with E-state index in [0.29, 0.717) is 18.3 Å². The fourth-order valence-electron chi connectivity index (χ4n) is 7.35. The third-order valence-electron chi connectivity index (χ3n) is 8.85. The van der Waals surface area contributed by atoms with E-state index in [1.165, 1.54) is 6.42 Å². The Morgan fingerprint density at radius 1 is 0.921 bits per heavy atom. The summed E-state index contributed by atoms with van der Waals surface area (Å²) in [6.45, 7) is -0.307. The molecule has 2 atom stereocenters. The first kappa shape index (κ1) is 25.0. The average molecular weight is 517 g/mol. The van der Waals surface area contributed by atoms with Crippen LogP contribution in [0.15, 0.2) is 60.8 Å². The second-order valence-electron chi connectivity index (χ2n) is 11.5. The van der Waals surface area contributed by atoms with Crippen molar-refractivity contribution in [3.63, 3.8) is 0 Å². The Bertz CT molecular complexity index is 1240. The number of carbonyl (C=O) groups excluding carboxylic acids is 2. The maximum Gasteiger partial charge on any atom is 0.408 e. The first-order valence-corrected chi connectivity index (χ1v) is 13.9. The van der Waals surface area contributed by atoms with Crippen LogP contribution in [0.1, 0.15) is 43.2 Å². The van der Waals surface area contributed by atoms with E-state index >= 15 is 0 Å². The maximum absolute atomic E-state index is 13.4. The van der Waals surface area contributed by atoms with E-state index in [0.717, 1.165) is 59.5 Å². The SMILES string of the molecule is O=C(NC(Cc1c[nH]c2ccccc12)C(=O)OC(CO)Cc1ccccc1)OC1C2CC3CC(C2)CC1C3. The summed E-state index contributed by atoms with van der Waals surface area (Å²) in [5.74, 6) is 1.85. The first-order chi connectivity index (χ1) is 18.6. The van der Waals surface area contributed by atoms with E-state index < -0.39 is 24.2 Å². The number of hydrogen-bond donors (Lipinski definition) is 3. The summed E-state index contributed by atoms with van der Waals surface area (Å²) in [7, 11) is 0. The number of aromatic nitrogens is 1. The van der Waals surface area contributed by atoms with Gasteiger partial charge in [-0.15, -0.1) is 0 Å². The number of esters is 1. The molecule has 7 heteroatoms. The Labute approximate surface area is 222 Å². The summed E-state index contributed by atoms with van der Waals surface area (Å²) in [6.07, 6.45) is 7.06. The summed E-state index contributed by atoms with van der Waals surface area (Å²) >= 11 is 0. The molecule has 38 heavy (non-hydrogen) atoms. The van der Waals surface area contributed by atoms with Crippen LogP contribution in [0.2, 0.25) is 0 Å². The Balaban J connectivity index is 1.16. The number of amides is 1. The van der Waals surface area contributed by atoms with Gasteiger partial charge in [-0.2, -0.15) is 0 Å². The van der Waals surface area contributed by atoms with Gasteiger partial charge >= 0.3 is 12.1 Å². The average Bonchev–Trinajstić information content (AvgIpc) is 3.33. The number of alkyl carbamates (subject to hydrolysis) is 1. The van der Waals surface area contributed by atoms with Crippen molar-refractivity contribution in [2.45, 2.75) is 63.2 Å². The molecule has 4 aliphatic rings. The van der Waals surface area contributed by atoms with Gasteiger partial charge in [0.2, 0.25) is 0 Å². The Hall–Kier alpha value is -3.32. The monoisotopic (exact) mass is 516 g/mol. The number of nitrogens with one attached hydrogen (secondary N) is 2. The minimum atomic E-state index is -0.941. The van der Waals surface area contributed by atoms with Crippen molar-refractivity contribution in [2.75, 3.05) is 6.61 Å². The zero-order chi connectivity index (χ0) is 26.1. The van der Waals surface area contributed by atoms with E-state index in [1.54, 1.807) is 0 Å². The fourth-order valence-corrected chi connectivity index (χ4v) is 7.35. The van der Waals surface area contributed by atoms with Gasteiger partial charge in [-0.25, -0.2) is 9.59 Å². The fraction of sp³-hybridized carbons (Fsp3) is 0.484. The standard InChI is InChI=1S/C31H36N2O5/c34-18-25(15-19-6-2-1-3-7-19)37-30(35)28(16-24-17-32-27-9-5-4-8-26(24)27)33-31(36)38-29-22-11-20-10-21(13-22)14-23(29)12-20/h1-9,17,20-23,25,28-29,32,34H,10-16,18H2,(H,33,36). The Morgan fingerprint density at radius 2 is 1.61 bits per heavy atom. The van der Waals surface area contributed by atoms with E-state index in [1.807, 2.05) is 60.8 Å². The second-order valence-corrected chi connectivity index (χ2v) is 11.5. The number of para-hydroxylation sites is 1. The van der Waals surface area contributed by atoms with Gasteiger partial charge in [0.15, 0.2) is 0 Å². The molecule has 1 amide bonds. The van der Waals surface area contributed by atoms with E-state index in [4.69, 9.17) is 9.47 Å². The molecule has 4 fully saturated rings. The van der Waals surface area contributed by atoms with Crippen molar-refractivity contribution in [1.82, 2.24) is 10.3 Å². The van der Waals surface area contributed by atoms with Crippen LogP contribution in [0.25, 0.3) is 10.9 Å². The third kappa shape index (κ3) is 5.30. The molecule has 0 radical (unpaired) electrons. The highest BCUT2D eigenvalue weighted by atomic mass is 16.6. The molecule has 200 valence electrons. The lowest BCUT2D eigenvalue weighted by Gasteiger charge is -2.53. The van der Waals surface area contributed by atoms with Crippen LogP contribution in [0.5, 0.6) is 0 Å². The van der Waals surface area contributed by atoms with Crippen LogP contribution in [-0.4, -0.2) is 47.0 Å². The molecule has 4 bridgehead atoms. The number of carbonyl (C=O) groups is 2. The predicted octanol–water partition coefficient (Wildman–Crippen LogP) is 4.78. The van der Waals surface area contributed by atoms with Crippen molar-refractivity contribution in [3.8, 4) is 0 Å². The van der Waals surface area contributed by atoms with Gasteiger partial charge in [-0.05, 0) is 73.0 Å². The number of benzene rings is 2. The van der Waals surface area contributed by atoms with Gasteiger partial charge < -0.3 is 24.9 Å². The molecule has 0 saturated heterocycles. The van der Waals surface area contributed by atoms with E-state index in [2.05, 4.69) is 10.3 Å². The van der Waals surface area contributed by atoms with Gasteiger partial charge in [0.25, 0.3) is 0 Å². The molecule has 1 aromatic heterocycles. The lowest BCUT2D eigenvalue weighted by Crippen LogP contribution is -2.52. The lowest BCUT2D eigenvalue weighted by atomic mass is 9.55. The second kappa shape index (κ2) is 10.8. The Kier molecular flexibility index (Phi) is 7.11. The highest BCUT2D eigenvalue weighted by Crippen LogP contribution is 2.54. The molecular formula is C31H36N2O5. The summed E-state index contributed by atoms with van der Waals surface area (Å²) in [4.78, 5) is 29.8. The lowest BCUT2D eigenvalue weighted by molar-refractivity contribution is -0.153. The molecule has 0 spiro atoms. The number of aliphatic hydroxyl groups excluding tert-OH is 1. The van der Waals surface area contributed by atoms with Gasteiger partial charge in [0.1, 0.15) is 18.2 Å². The van der Waals surface area contributed by atoms with Crippen LogP contribution >= 0.6 is 0 Å². The van der Waals surface area contributed by atoms with Gasteiger partial charge in [-0.3, -0.25) is 0 Å². The van der Waals surface area contributed by atoms with E-state index in [-0.39, 0.29) is 19.1 Å². The van der Waals surface area contributed by atoms with E-state index in [9.17, 15) is 14.7 Å². The third-order valence-corrected chi connectivity index (χ3v) is 8.85. The number of aliphatic hydroxyl groups is 1. The molecule has 7 rings (SSSR count). The van der Waals surface area contributed by atoms with Crippen molar-refractivity contribution >= 4 is 23.0 Å². The van der Waals surface area contributed by atoms with Gasteiger partial charge in [0.05, 0.1) is 6.61 Å². The highest BCUT2D eigenvalue weighted by Gasteiger charge is 2.50. The smallest absolute Gasteiger partial charge is 0.408 e. The molecular weight excluding hydrogens is 480 g/mol. The molecule has 3 aromatic rings. The Morgan fingerprint density at radius 3 is 2.32 bits per heavy atom. The molecule has 3 N–H and O–H groups in total. The number of rotatable bonds is 9. The van der Waals surface area contributed by atoms with Crippen molar-refractivity contribution in [3.05, 3.63) is 71.9 Å². The van der Waals surface area contributed by atoms with Crippen molar-refractivity contribution in [2.24, 2.45) is 23.7 Å².